The highest BCUT2D eigenvalue weighted by Crippen LogP contribution is 1.84. The van der Waals surface area contributed by atoms with Crippen LogP contribution in [0.2, 0.25) is 0 Å². The Balaban J connectivity index is 3.30. The fourth-order valence-electron chi connectivity index (χ4n) is 0.330. The summed E-state index contributed by atoms with van der Waals surface area (Å²) >= 11 is 0. The topological polar surface area (TPSA) is 43.4 Å². The van der Waals surface area contributed by atoms with Gasteiger partial charge in [-0.25, -0.2) is 8.42 Å². The number of rotatable bonds is 4. The van der Waals surface area contributed by atoms with Crippen molar-refractivity contribution in [1.29, 1.82) is 0 Å². The number of ether oxygens (including phenoxy) is 1. The number of sulfone groups is 1. The van der Waals surface area contributed by atoms with E-state index in [1.807, 2.05) is 6.92 Å². The van der Waals surface area contributed by atoms with Gasteiger partial charge in [0.05, 0.1) is 18.6 Å². The average molecular weight is 151 g/mol. The lowest BCUT2D eigenvalue weighted by Crippen LogP contribution is -2.07. The Bertz CT molecular complexity index is 148. The Hall–Kier alpha value is -0.0900. The van der Waals surface area contributed by atoms with E-state index in [0.717, 1.165) is 0 Å². The first-order valence-electron chi connectivity index (χ1n) is 2.70. The normalized spacial score (nSPS) is 11.8. The van der Waals surface area contributed by atoms with Crippen LogP contribution in [-0.2, 0) is 14.6 Å². The van der Waals surface area contributed by atoms with Crippen LogP contribution in [0, 0.1) is 6.26 Å². The zero-order valence-electron chi connectivity index (χ0n) is 5.46. The predicted octanol–water partition coefficient (Wildman–Crippen LogP) is 0.229. The van der Waals surface area contributed by atoms with Gasteiger partial charge in [-0.15, -0.1) is 0 Å². The average Bonchev–Trinajstić information content (AvgIpc) is 1.63. The first-order valence-corrected chi connectivity index (χ1v) is 4.52. The van der Waals surface area contributed by atoms with Crippen LogP contribution >= 0.6 is 0 Å². The van der Waals surface area contributed by atoms with Gasteiger partial charge in [-0.05, 0) is 6.92 Å². The van der Waals surface area contributed by atoms with Crippen molar-refractivity contribution in [3.05, 3.63) is 6.26 Å². The molecule has 4 heteroatoms. The summed E-state index contributed by atoms with van der Waals surface area (Å²) in [6.07, 6.45) is 2.93. The lowest BCUT2D eigenvalue weighted by atomic mass is 10.8. The van der Waals surface area contributed by atoms with E-state index in [2.05, 4.69) is 6.26 Å². The highest BCUT2D eigenvalue weighted by molar-refractivity contribution is 7.92. The molecule has 0 aliphatic carbocycles. The van der Waals surface area contributed by atoms with Crippen LogP contribution in [0.25, 0.3) is 0 Å². The fourth-order valence-corrected chi connectivity index (χ4v) is 0.702. The summed E-state index contributed by atoms with van der Waals surface area (Å²) in [6, 6.07) is 0. The molecule has 0 fully saturated rings. The Morgan fingerprint density at radius 3 is 2.44 bits per heavy atom. The molecule has 0 unspecified atom stereocenters. The molecule has 0 aliphatic rings. The van der Waals surface area contributed by atoms with Gasteiger partial charge in [0.2, 0.25) is 0 Å². The molecule has 0 aromatic rings. The van der Waals surface area contributed by atoms with E-state index in [-0.39, 0.29) is 12.4 Å². The van der Waals surface area contributed by atoms with Crippen LogP contribution in [0.1, 0.15) is 6.92 Å². The molecule has 0 saturated carbocycles. The molecule has 0 aliphatic heterocycles. The summed E-state index contributed by atoms with van der Waals surface area (Å²) in [5.74, 6) is 0.0147. The third-order valence-corrected chi connectivity index (χ3v) is 1.53. The van der Waals surface area contributed by atoms with Crippen molar-refractivity contribution in [3.63, 3.8) is 0 Å². The summed E-state index contributed by atoms with van der Waals surface area (Å²) in [5.41, 5.74) is 0. The molecule has 3 nitrogen and oxygen atoms in total. The van der Waals surface area contributed by atoms with E-state index in [4.69, 9.17) is 4.74 Å². The van der Waals surface area contributed by atoms with Crippen molar-refractivity contribution in [1.82, 2.24) is 0 Å². The van der Waals surface area contributed by atoms with E-state index in [9.17, 15) is 8.42 Å². The quantitative estimate of drug-likeness (QED) is 0.540. The van der Waals surface area contributed by atoms with Gasteiger partial charge in [0, 0.05) is 6.61 Å². The van der Waals surface area contributed by atoms with Gasteiger partial charge in [0.15, 0.2) is 9.84 Å². The molecule has 0 bridgehead atoms. The van der Waals surface area contributed by atoms with E-state index in [1.165, 1.54) is 0 Å². The van der Waals surface area contributed by atoms with Crippen LogP contribution in [0.3, 0.4) is 0 Å². The molecule has 0 rings (SSSR count). The second-order valence-electron chi connectivity index (χ2n) is 1.64. The van der Waals surface area contributed by atoms with E-state index < -0.39 is 9.84 Å². The monoisotopic (exact) mass is 151 g/mol. The molecule has 0 spiro atoms. The largest absolute Gasteiger partial charge is 0.381 e. The third-order valence-electron chi connectivity index (χ3n) is 0.743. The van der Waals surface area contributed by atoms with E-state index >= 15 is 0 Å². The van der Waals surface area contributed by atoms with E-state index in [0.29, 0.717) is 6.61 Å². The summed E-state index contributed by atoms with van der Waals surface area (Å²) in [7, 11) is -3.07. The highest BCUT2D eigenvalue weighted by Gasteiger charge is 1.99. The first kappa shape index (κ1) is 8.91. The lowest BCUT2D eigenvalue weighted by molar-refractivity contribution is 0.163. The van der Waals surface area contributed by atoms with Crippen molar-refractivity contribution in [2.45, 2.75) is 6.92 Å². The van der Waals surface area contributed by atoms with Crippen LogP contribution < -0.4 is 0 Å². The number of hydrogen-bond acceptors (Lipinski definition) is 3. The fraction of sp³-hybridized carbons (Fsp3) is 0.800. The third kappa shape index (κ3) is 7.91. The summed E-state index contributed by atoms with van der Waals surface area (Å²) < 4.78 is 25.4. The van der Waals surface area contributed by atoms with Crippen LogP contribution in [0.15, 0.2) is 0 Å². The predicted molar refractivity (Wildman–Crippen MR) is 35.6 cm³/mol. The van der Waals surface area contributed by atoms with Crippen LogP contribution in [-0.4, -0.2) is 27.4 Å². The second-order valence-corrected chi connectivity index (χ2v) is 3.54. The van der Waals surface area contributed by atoms with Crippen molar-refractivity contribution in [2.24, 2.45) is 0 Å². The maximum absolute atomic E-state index is 10.3. The second kappa shape index (κ2) is 3.85. The van der Waals surface area contributed by atoms with Gasteiger partial charge in [0.1, 0.15) is 0 Å². The summed E-state index contributed by atoms with van der Waals surface area (Å²) in [4.78, 5) is 0. The van der Waals surface area contributed by atoms with Crippen molar-refractivity contribution < 1.29 is 13.2 Å². The van der Waals surface area contributed by atoms with Gasteiger partial charge >= 0.3 is 0 Å². The Kier molecular flexibility index (Phi) is 3.81. The molecule has 0 aromatic carbocycles. The molecule has 0 N–H and O–H groups in total. The van der Waals surface area contributed by atoms with Gasteiger partial charge in [0.25, 0.3) is 0 Å². The first-order chi connectivity index (χ1) is 4.06. The Morgan fingerprint density at radius 1 is 1.56 bits per heavy atom. The Labute approximate surface area is 55.9 Å². The van der Waals surface area contributed by atoms with Gasteiger partial charge < -0.3 is 4.74 Å². The standard InChI is InChI=1S/C5H11O3S/c1-3-8-4-5-9(2,6)7/h2-5H2,1H3. The van der Waals surface area contributed by atoms with Crippen LogP contribution in [0.4, 0.5) is 0 Å². The minimum atomic E-state index is -3.07. The molecule has 0 aromatic heterocycles. The van der Waals surface area contributed by atoms with Crippen molar-refractivity contribution in [3.8, 4) is 0 Å². The molecule has 0 amide bonds. The molecule has 55 valence electrons. The molecule has 0 heterocycles. The smallest absolute Gasteiger partial charge is 0.153 e. The highest BCUT2D eigenvalue weighted by atomic mass is 32.2. The van der Waals surface area contributed by atoms with Gasteiger partial charge in [-0.2, -0.15) is 0 Å². The van der Waals surface area contributed by atoms with Gasteiger partial charge in [-0.1, -0.05) is 0 Å². The zero-order chi connectivity index (χ0) is 7.33. The molecule has 0 atom stereocenters. The minimum absolute atomic E-state index is 0.0147. The zero-order valence-corrected chi connectivity index (χ0v) is 6.28. The molecule has 9 heavy (non-hydrogen) atoms. The Morgan fingerprint density at radius 2 is 2.11 bits per heavy atom. The van der Waals surface area contributed by atoms with Crippen molar-refractivity contribution >= 4 is 9.84 Å². The summed E-state index contributed by atoms with van der Waals surface area (Å²) in [5, 5.41) is 0. The van der Waals surface area contributed by atoms with Gasteiger partial charge in [-0.3, -0.25) is 0 Å². The maximum Gasteiger partial charge on any atom is 0.153 e. The molecular weight excluding hydrogens is 140 g/mol. The molecular formula is C5H11O3S. The molecule has 1 radical (unpaired) electrons. The summed E-state index contributed by atoms with van der Waals surface area (Å²) in [6.45, 7) is 2.62. The van der Waals surface area contributed by atoms with Crippen LogP contribution in [0.5, 0.6) is 0 Å². The van der Waals surface area contributed by atoms with E-state index in [1.54, 1.807) is 0 Å². The SMILES string of the molecule is [CH2]S(=O)(=O)CCOCC. The lowest BCUT2D eigenvalue weighted by Gasteiger charge is -1.96. The maximum atomic E-state index is 10.3. The van der Waals surface area contributed by atoms with Crippen molar-refractivity contribution in [2.75, 3.05) is 19.0 Å². The number of hydrogen-bond donors (Lipinski definition) is 0. The minimum Gasteiger partial charge on any atom is -0.381 e. The molecule has 0 saturated heterocycles.